The van der Waals surface area contributed by atoms with E-state index in [-0.39, 0.29) is 50.2 Å². The number of benzene rings is 3. The van der Waals surface area contributed by atoms with Gasteiger partial charge in [0.25, 0.3) is 0 Å². The third-order valence-electron chi connectivity index (χ3n) is 4.74. The number of nitrogens with two attached hydrogens (primary N) is 1. The van der Waals surface area contributed by atoms with Crippen LogP contribution in [-0.2, 0) is 11.0 Å². The standard InChI is InChI=1S/C23H19ClF2N2O5S/c1-12(9-27)33-21-3-2-13(10-29)4-16(21)15-7-20(19(26)8-18(15)25)28-34(32)22-6-14(11-30)5-17(24)23(22)31/h2-8,10-12,28,31H,9,27H2,1H3. The van der Waals surface area contributed by atoms with E-state index in [9.17, 15) is 27.7 Å². The number of ether oxygens (including phenoxy) is 1. The molecule has 178 valence electrons. The Hall–Kier alpha value is -3.34. The van der Waals surface area contributed by atoms with Crippen LogP contribution >= 0.6 is 11.6 Å². The molecule has 2 atom stereocenters. The minimum absolute atomic E-state index is 0.0368. The zero-order valence-electron chi connectivity index (χ0n) is 17.7. The molecule has 0 bridgehead atoms. The van der Waals surface area contributed by atoms with Gasteiger partial charge in [-0.2, -0.15) is 0 Å². The molecule has 0 aliphatic heterocycles. The number of phenolic OH excluding ortho intramolecular Hbond substituents is 1. The lowest BCUT2D eigenvalue weighted by atomic mass is 10.0. The van der Waals surface area contributed by atoms with Crippen LogP contribution in [0, 0.1) is 11.6 Å². The monoisotopic (exact) mass is 508 g/mol. The van der Waals surface area contributed by atoms with Gasteiger partial charge in [-0.1, -0.05) is 11.6 Å². The largest absolute Gasteiger partial charge is 0.505 e. The van der Waals surface area contributed by atoms with Crippen LogP contribution in [0.4, 0.5) is 14.5 Å². The Morgan fingerprint density at radius 2 is 1.79 bits per heavy atom. The fourth-order valence-corrected chi connectivity index (χ4v) is 4.27. The Labute approximate surface area is 201 Å². The number of nitrogens with one attached hydrogen (secondary N) is 1. The van der Waals surface area contributed by atoms with E-state index in [4.69, 9.17) is 22.1 Å². The first-order valence-electron chi connectivity index (χ1n) is 9.80. The summed E-state index contributed by atoms with van der Waals surface area (Å²) >= 11 is 5.86. The van der Waals surface area contributed by atoms with Crippen molar-refractivity contribution in [3.63, 3.8) is 0 Å². The summed E-state index contributed by atoms with van der Waals surface area (Å²) in [6.45, 7) is 1.86. The van der Waals surface area contributed by atoms with Crippen LogP contribution in [0.15, 0.2) is 47.4 Å². The molecule has 7 nitrogen and oxygen atoms in total. The van der Waals surface area contributed by atoms with Gasteiger partial charge in [-0.15, -0.1) is 0 Å². The number of aromatic hydroxyl groups is 1. The number of halogens is 3. The van der Waals surface area contributed by atoms with Crippen molar-refractivity contribution in [2.75, 3.05) is 11.3 Å². The van der Waals surface area contributed by atoms with Crippen LogP contribution in [-0.4, -0.2) is 34.5 Å². The smallest absolute Gasteiger partial charge is 0.154 e. The number of phenols is 1. The molecule has 11 heteroatoms. The van der Waals surface area contributed by atoms with E-state index in [0.717, 1.165) is 12.1 Å². The lowest BCUT2D eigenvalue weighted by molar-refractivity contribution is 0.111. The summed E-state index contributed by atoms with van der Waals surface area (Å²) in [7, 11) is -2.28. The fraction of sp³-hybridized carbons (Fsp3) is 0.130. The highest BCUT2D eigenvalue weighted by molar-refractivity contribution is 7.86. The molecule has 0 aromatic heterocycles. The fourth-order valence-electron chi connectivity index (χ4n) is 2.99. The Morgan fingerprint density at radius 3 is 2.44 bits per heavy atom. The van der Waals surface area contributed by atoms with Crippen LogP contribution in [0.2, 0.25) is 5.02 Å². The van der Waals surface area contributed by atoms with Crippen LogP contribution in [0.1, 0.15) is 27.6 Å². The molecule has 0 radical (unpaired) electrons. The number of carbonyl (C=O) groups excluding carboxylic acids is 2. The zero-order chi connectivity index (χ0) is 25.0. The number of aldehydes is 2. The molecule has 0 heterocycles. The van der Waals surface area contributed by atoms with Crippen LogP contribution < -0.4 is 15.2 Å². The van der Waals surface area contributed by atoms with Gasteiger partial charge in [0.2, 0.25) is 0 Å². The van der Waals surface area contributed by atoms with E-state index >= 15 is 0 Å². The molecule has 0 aliphatic carbocycles. The lowest BCUT2D eigenvalue weighted by Crippen LogP contribution is -2.23. The molecule has 0 aliphatic rings. The zero-order valence-corrected chi connectivity index (χ0v) is 19.3. The summed E-state index contributed by atoms with van der Waals surface area (Å²) in [6.07, 6.45) is 0.557. The van der Waals surface area contributed by atoms with Crippen molar-refractivity contribution in [3.8, 4) is 22.6 Å². The molecule has 0 saturated heterocycles. The normalized spacial score (nSPS) is 12.6. The number of anilines is 1. The van der Waals surface area contributed by atoms with Gasteiger partial charge in [-0.3, -0.25) is 14.3 Å². The van der Waals surface area contributed by atoms with Gasteiger partial charge in [0.05, 0.1) is 10.7 Å². The first kappa shape index (κ1) is 25.3. The second-order valence-electron chi connectivity index (χ2n) is 7.19. The van der Waals surface area contributed by atoms with E-state index in [0.29, 0.717) is 18.6 Å². The number of carbonyl (C=O) groups is 2. The van der Waals surface area contributed by atoms with Crippen LogP contribution in [0.3, 0.4) is 0 Å². The highest BCUT2D eigenvalue weighted by Gasteiger charge is 2.20. The molecule has 0 saturated carbocycles. The first-order valence-corrected chi connectivity index (χ1v) is 11.3. The molecule has 4 N–H and O–H groups in total. The first-order chi connectivity index (χ1) is 16.2. The summed E-state index contributed by atoms with van der Waals surface area (Å²) in [5.41, 5.74) is 5.47. The second kappa shape index (κ2) is 10.7. The van der Waals surface area contributed by atoms with Gasteiger partial charge >= 0.3 is 0 Å². The minimum Gasteiger partial charge on any atom is -0.505 e. The summed E-state index contributed by atoms with van der Waals surface area (Å²) in [5.74, 6) is -2.40. The van der Waals surface area contributed by atoms with Crippen molar-refractivity contribution < 1.29 is 32.4 Å². The van der Waals surface area contributed by atoms with E-state index in [1.54, 1.807) is 6.92 Å². The molecule has 0 fully saturated rings. The Bertz CT molecular complexity index is 1290. The van der Waals surface area contributed by atoms with Gasteiger partial charge in [0, 0.05) is 34.9 Å². The molecule has 3 aromatic rings. The minimum atomic E-state index is -2.28. The average molecular weight is 509 g/mol. The highest BCUT2D eigenvalue weighted by atomic mass is 35.5. The maximum Gasteiger partial charge on any atom is 0.154 e. The molecular weight excluding hydrogens is 490 g/mol. The lowest BCUT2D eigenvalue weighted by Gasteiger charge is -2.18. The van der Waals surface area contributed by atoms with Gasteiger partial charge in [-0.25, -0.2) is 13.0 Å². The van der Waals surface area contributed by atoms with Crippen molar-refractivity contribution in [2.45, 2.75) is 17.9 Å². The summed E-state index contributed by atoms with van der Waals surface area (Å²) in [4.78, 5) is 22.1. The quantitative estimate of drug-likeness (QED) is 0.367. The van der Waals surface area contributed by atoms with E-state index in [2.05, 4.69) is 4.72 Å². The van der Waals surface area contributed by atoms with E-state index in [1.165, 1.54) is 24.3 Å². The van der Waals surface area contributed by atoms with Gasteiger partial charge < -0.3 is 15.6 Å². The van der Waals surface area contributed by atoms with E-state index in [1.807, 2.05) is 0 Å². The number of hydrogen-bond donors (Lipinski definition) is 3. The molecular formula is C23H19ClF2N2O5S. The Kier molecular flexibility index (Phi) is 7.98. The molecule has 0 spiro atoms. The third kappa shape index (κ3) is 5.41. The Balaban J connectivity index is 2.08. The molecule has 3 aromatic carbocycles. The van der Waals surface area contributed by atoms with Gasteiger partial charge in [-0.05, 0) is 43.3 Å². The predicted octanol–water partition coefficient (Wildman–Crippen LogP) is 4.48. The number of hydrogen-bond acceptors (Lipinski definition) is 6. The Morgan fingerprint density at radius 1 is 1.09 bits per heavy atom. The summed E-state index contributed by atoms with van der Waals surface area (Å²) in [6, 6.07) is 8.21. The van der Waals surface area contributed by atoms with Crippen LogP contribution in [0.25, 0.3) is 11.1 Å². The molecule has 0 amide bonds. The maximum atomic E-state index is 14.8. The average Bonchev–Trinajstić information content (AvgIpc) is 2.82. The molecule has 3 rings (SSSR count). The van der Waals surface area contributed by atoms with Crippen LogP contribution in [0.5, 0.6) is 11.5 Å². The van der Waals surface area contributed by atoms with Crippen molar-refractivity contribution >= 4 is 40.8 Å². The van der Waals surface area contributed by atoms with E-state index < -0.39 is 34.5 Å². The predicted molar refractivity (Wildman–Crippen MR) is 125 cm³/mol. The second-order valence-corrected chi connectivity index (χ2v) is 8.78. The molecule has 34 heavy (non-hydrogen) atoms. The van der Waals surface area contributed by atoms with Crippen molar-refractivity contribution in [2.24, 2.45) is 5.73 Å². The number of rotatable bonds is 9. The highest BCUT2D eigenvalue weighted by Crippen LogP contribution is 2.37. The van der Waals surface area contributed by atoms with Crippen molar-refractivity contribution in [3.05, 3.63) is 70.2 Å². The maximum absolute atomic E-state index is 14.8. The topological polar surface area (TPSA) is 119 Å². The van der Waals surface area contributed by atoms with Gasteiger partial charge in [0.1, 0.15) is 41.0 Å². The van der Waals surface area contributed by atoms with Crippen molar-refractivity contribution in [1.82, 2.24) is 0 Å². The summed E-state index contributed by atoms with van der Waals surface area (Å²) < 4.78 is 50.3. The van der Waals surface area contributed by atoms with Gasteiger partial charge in [0.15, 0.2) is 16.7 Å². The third-order valence-corrected chi connectivity index (χ3v) is 6.14. The van der Waals surface area contributed by atoms with Crippen molar-refractivity contribution in [1.29, 1.82) is 0 Å². The SMILES string of the molecule is CC(CN)Oc1ccc(C=O)cc1-c1cc(NS(=O)c2cc(C=O)cc(Cl)c2O)c(F)cc1F. The molecule has 2 unspecified atom stereocenters. The summed E-state index contributed by atoms with van der Waals surface area (Å²) in [5, 5.41) is 9.89.